The third-order valence-electron chi connectivity index (χ3n) is 4.87. The lowest BCUT2D eigenvalue weighted by Gasteiger charge is -2.36. The standard InChI is InChI=1S/C20H24BrN3O4S/c1-28-20(25)18-15-17(7-8-19(18)21)29(26,27)22-9-10-23-11-13-24(14-12-23)16-5-3-2-4-6-16/h2-8,15,22H,9-14H2,1H3. The maximum absolute atomic E-state index is 12.6. The molecule has 1 heterocycles. The number of methoxy groups -OCH3 is 1. The van der Waals surface area contributed by atoms with Crippen LogP contribution in [-0.4, -0.2) is 65.7 Å². The number of rotatable bonds is 7. The molecule has 0 atom stereocenters. The minimum absolute atomic E-state index is 0.0370. The van der Waals surface area contributed by atoms with Crippen LogP contribution in [0, 0.1) is 0 Å². The van der Waals surface area contributed by atoms with Gasteiger partial charge in [0.15, 0.2) is 0 Å². The number of carbonyl (C=O) groups is 1. The number of nitrogens with one attached hydrogen (secondary N) is 1. The first-order valence-corrected chi connectivity index (χ1v) is 11.6. The van der Waals surface area contributed by atoms with Crippen LogP contribution in [-0.2, 0) is 14.8 Å². The summed E-state index contributed by atoms with van der Waals surface area (Å²) < 4.78 is 33.0. The molecule has 7 nitrogen and oxygen atoms in total. The maximum Gasteiger partial charge on any atom is 0.339 e. The van der Waals surface area contributed by atoms with Gasteiger partial charge in [-0.3, -0.25) is 4.90 Å². The van der Waals surface area contributed by atoms with Gasteiger partial charge >= 0.3 is 5.97 Å². The van der Waals surface area contributed by atoms with Crippen LogP contribution in [0.1, 0.15) is 10.4 Å². The fourth-order valence-electron chi connectivity index (χ4n) is 3.23. The predicted molar refractivity (Wildman–Crippen MR) is 116 cm³/mol. The molecule has 2 aromatic rings. The van der Waals surface area contributed by atoms with Crippen LogP contribution in [0.15, 0.2) is 57.9 Å². The van der Waals surface area contributed by atoms with Gasteiger partial charge in [0.1, 0.15) is 0 Å². The van der Waals surface area contributed by atoms with Gasteiger partial charge in [-0.1, -0.05) is 18.2 Å². The van der Waals surface area contributed by atoms with Gasteiger partial charge in [-0.2, -0.15) is 0 Å². The second-order valence-corrected chi connectivity index (χ2v) is 9.32. The Kier molecular flexibility index (Phi) is 7.28. The second kappa shape index (κ2) is 9.71. The summed E-state index contributed by atoms with van der Waals surface area (Å²) in [5.74, 6) is -0.592. The number of piperazine rings is 1. The van der Waals surface area contributed by atoms with E-state index in [2.05, 4.69) is 42.6 Å². The van der Waals surface area contributed by atoms with Gasteiger partial charge in [-0.15, -0.1) is 0 Å². The largest absolute Gasteiger partial charge is 0.465 e. The average Bonchev–Trinajstić information content (AvgIpc) is 2.74. The van der Waals surface area contributed by atoms with Crippen molar-refractivity contribution in [2.75, 3.05) is 51.3 Å². The Labute approximate surface area is 179 Å². The number of ether oxygens (including phenoxy) is 1. The van der Waals surface area contributed by atoms with Gasteiger partial charge in [0, 0.05) is 49.4 Å². The van der Waals surface area contributed by atoms with E-state index >= 15 is 0 Å². The van der Waals surface area contributed by atoms with Crippen molar-refractivity contribution in [2.45, 2.75) is 4.90 Å². The molecule has 3 rings (SSSR count). The van der Waals surface area contributed by atoms with Crippen molar-refractivity contribution in [2.24, 2.45) is 0 Å². The maximum atomic E-state index is 12.6. The molecule has 156 valence electrons. The molecule has 0 radical (unpaired) electrons. The Morgan fingerprint density at radius 3 is 2.45 bits per heavy atom. The SMILES string of the molecule is COC(=O)c1cc(S(=O)(=O)NCCN2CCN(c3ccccc3)CC2)ccc1Br. The molecule has 1 N–H and O–H groups in total. The Morgan fingerprint density at radius 2 is 1.79 bits per heavy atom. The number of hydrogen-bond donors (Lipinski definition) is 1. The zero-order valence-electron chi connectivity index (χ0n) is 16.2. The van der Waals surface area contributed by atoms with Gasteiger partial charge < -0.3 is 9.64 Å². The second-order valence-electron chi connectivity index (χ2n) is 6.70. The zero-order valence-corrected chi connectivity index (χ0v) is 18.6. The van der Waals surface area contributed by atoms with Crippen molar-refractivity contribution in [1.29, 1.82) is 0 Å². The third-order valence-corrected chi connectivity index (χ3v) is 7.02. The Hall–Kier alpha value is -1.94. The first kappa shape index (κ1) is 21.8. The van der Waals surface area contributed by atoms with E-state index in [1.54, 1.807) is 0 Å². The topological polar surface area (TPSA) is 78.9 Å². The average molecular weight is 482 g/mol. The highest BCUT2D eigenvalue weighted by atomic mass is 79.9. The number of benzene rings is 2. The smallest absolute Gasteiger partial charge is 0.339 e. The highest BCUT2D eigenvalue weighted by Gasteiger charge is 2.20. The first-order valence-electron chi connectivity index (χ1n) is 9.30. The summed E-state index contributed by atoms with van der Waals surface area (Å²) >= 11 is 3.24. The summed E-state index contributed by atoms with van der Waals surface area (Å²) in [5, 5.41) is 0. The number of nitrogens with zero attached hydrogens (tertiary/aromatic N) is 2. The summed E-state index contributed by atoms with van der Waals surface area (Å²) in [4.78, 5) is 16.4. The molecule has 0 amide bonds. The number of anilines is 1. The minimum atomic E-state index is -3.71. The molecule has 2 aromatic carbocycles. The predicted octanol–water partition coefficient (Wildman–Crippen LogP) is 2.34. The van der Waals surface area contributed by atoms with Crippen LogP contribution in [0.2, 0.25) is 0 Å². The van der Waals surface area contributed by atoms with E-state index in [-0.39, 0.29) is 10.5 Å². The lowest BCUT2D eigenvalue weighted by molar-refractivity contribution is 0.0599. The molecule has 1 aliphatic rings. The number of halogens is 1. The normalized spacial score (nSPS) is 15.3. The van der Waals surface area contributed by atoms with E-state index in [0.717, 1.165) is 26.2 Å². The van der Waals surface area contributed by atoms with Crippen LogP contribution in [0.3, 0.4) is 0 Å². The van der Waals surface area contributed by atoms with E-state index in [4.69, 9.17) is 4.74 Å². The Bertz CT molecular complexity index is 945. The lowest BCUT2D eigenvalue weighted by Crippen LogP contribution is -2.48. The summed E-state index contributed by atoms with van der Waals surface area (Å²) in [6, 6.07) is 14.6. The molecule has 29 heavy (non-hydrogen) atoms. The van der Waals surface area contributed by atoms with Crippen LogP contribution >= 0.6 is 15.9 Å². The van der Waals surface area contributed by atoms with Crippen LogP contribution < -0.4 is 9.62 Å². The van der Waals surface area contributed by atoms with Crippen molar-refractivity contribution < 1.29 is 17.9 Å². The number of carbonyl (C=O) groups excluding carboxylic acids is 1. The first-order chi connectivity index (χ1) is 13.9. The molecule has 1 fully saturated rings. The number of para-hydroxylation sites is 1. The molecule has 0 saturated carbocycles. The van der Waals surface area contributed by atoms with E-state index in [1.807, 2.05) is 18.2 Å². The van der Waals surface area contributed by atoms with Crippen molar-refractivity contribution in [3.63, 3.8) is 0 Å². The van der Waals surface area contributed by atoms with Crippen LogP contribution in [0.4, 0.5) is 5.69 Å². The third kappa shape index (κ3) is 5.57. The van der Waals surface area contributed by atoms with Gasteiger partial charge in [0.25, 0.3) is 0 Å². The van der Waals surface area contributed by atoms with E-state index < -0.39 is 16.0 Å². The molecule has 9 heteroatoms. The minimum Gasteiger partial charge on any atom is -0.465 e. The number of sulfonamides is 1. The molecule has 0 aliphatic carbocycles. The Morgan fingerprint density at radius 1 is 1.10 bits per heavy atom. The molecular formula is C20H24BrN3O4S. The molecule has 0 spiro atoms. The zero-order chi connectivity index (χ0) is 20.9. The van der Waals surface area contributed by atoms with Crippen LogP contribution in [0.5, 0.6) is 0 Å². The number of esters is 1. The summed E-state index contributed by atoms with van der Waals surface area (Å²) in [7, 11) is -2.46. The highest BCUT2D eigenvalue weighted by Crippen LogP contribution is 2.22. The fraction of sp³-hybridized carbons (Fsp3) is 0.350. The Balaban J connectivity index is 1.52. The van der Waals surface area contributed by atoms with E-state index in [1.165, 1.54) is 31.0 Å². The molecule has 0 aromatic heterocycles. The van der Waals surface area contributed by atoms with Gasteiger partial charge in [-0.25, -0.2) is 17.9 Å². The van der Waals surface area contributed by atoms with E-state index in [0.29, 0.717) is 17.6 Å². The molecule has 1 saturated heterocycles. The lowest BCUT2D eigenvalue weighted by atomic mass is 10.2. The van der Waals surface area contributed by atoms with Gasteiger partial charge in [-0.05, 0) is 46.3 Å². The van der Waals surface area contributed by atoms with Gasteiger partial charge in [0.2, 0.25) is 10.0 Å². The molecule has 0 bridgehead atoms. The molecule has 1 aliphatic heterocycles. The van der Waals surface area contributed by atoms with E-state index in [9.17, 15) is 13.2 Å². The monoisotopic (exact) mass is 481 g/mol. The summed E-state index contributed by atoms with van der Waals surface area (Å²) in [6.07, 6.45) is 0. The highest BCUT2D eigenvalue weighted by molar-refractivity contribution is 9.10. The molecular weight excluding hydrogens is 458 g/mol. The van der Waals surface area contributed by atoms with Crippen LogP contribution in [0.25, 0.3) is 0 Å². The fourth-order valence-corrected chi connectivity index (χ4v) is 4.68. The quantitative estimate of drug-likeness (QED) is 0.611. The van der Waals surface area contributed by atoms with Gasteiger partial charge in [0.05, 0.1) is 17.6 Å². The summed E-state index contributed by atoms with van der Waals surface area (Å²) in [6.45, 7) is 4.50. The van der Waals surface area contributed by atoms with Crippen molar-refractivity contribution in [3.05, 3.63) is 58.6 Å². The number of hydrogen-bond acceptors (Lipinski definition) is 6. The molecule has 0 unspecified atom stereocenters. The van der Waals surface area contributed by atoms with Crippen molar-refractivity contribution in [3.8, 4) is 0 Å². The van der Waals surface area contributed by atoms with Crippen molar-refractivity contribution >= 4 is 37.6 Å². The van der Waals surface area contributed by atoms with Crippen molar-refractivity contribution in [1.82, 2.24) is 9.62 Å². The summed E-state index contributed by atoms with van der Waals surface area (Å²) in [5.41, 5.74) is 1.39.